The molecule has 0 N–H and O–H groups in total. The van der Waals surface area contributed by atoms with E-state index in [2.05, 4.69) is 16.8 Å². The molecule has 1 aromatic rings. The zero-order valence-electron chi connectivity index (χ0n) is 6.15. The summed E-state index contributed by atoms with van der Waals surface area (Å²) in [7, 11) is 0. The standard InChI is InChI=1S/C7H3ClF3NS/c8-3-1-2-5-4-12-6(13-5)7(9,10)11/h4H,3H2. The molecule has 0 saturated heterocycles. The Morgan fingerprint density at radius 1 is 1.54 bits per heavy atom. The third kappa shape index (κ3) is 2.90. The van der Waals surface area contributed by atoms with Crippen molar-refractivity contribution < 1.29 is 13.2 Å². The maximum absolute atomic E-state index is 12.0. The van der Waals surface area contributed by atoms with Crippen molar-refractivity contribution in [3.63, 3.8) is 0 Å². The Labute approximate surface area is 81.6 Å². The first-order valence-corrected chi connectivity index (χ1v) is 4.47. The zero-order chi connectivity index (χ0) is 9.90. The fourth-order valence-electron chi connectivity index (χ4n) is 0.583. The van der Waals surface area contributed by atoms with Gasteiger partial charge in [0.15, 0.2) is 5.01 Å². The molecule has 0 aliphatic carbocycles. The molecular weight excluding hydrogens is 223 g/mol. The lowest BCUT2D eigenvalue weighted by Crippen LogP contribution is -2.02. The Kier molecular flexibility index (Phi) is 3.17. The number of alkyl halides is 4. The summed E-state index contributed by atoms with van der Waals surface area (Å²) < 4.78 is 36.0. The Morgan fingerprint density at radius 2 is 2.23 bits per heavy atom. The maximum atomic E-state index is 12.0. The van der Waals surface area contributed by atoms with Crippen molar-refractivity contribution in [1.82, 2.24) is 4.98 Å². The number of thiazole rings is 1. The molecule has 0 fully saturated rings. The van der Waals surface area contributed by atoms with Crippen LogP contribution in [0.15, 0.2) is 6.20 Å². The molecule has 1 nitrogen and oxygen atoms in total. The highest BCUT2D eigenvalue weighted by Crippen LogP contribution is 2.31. The molecule has 0 atom stereocenters. The van der Waals surface area contributed by atoms with Crippen molar-refractivity contribution in [1.29, 1.82) is 0 Å². The SMILES string of the molecule is FC(F)(F)c1ncc(C#CCCl)s1. The number of rotatable bonds is 0. The van der Waals surface area contributed by atoms with Gasteiger partial charge in [0, 0.05) is 0 Å². The third-order valence-electron chi connectivity index (χ3n) is 1.03. The van der Waals surface area contributed by atoms with E-state index in [1.165, 1.54) is 0 Å². The second-order valence-electron chi connectivity index (χ2n) is 1.96. The number of aromatic nitrogens is 1. The van der Waals surface area contributed by atoms with Crippen LogP contribution in [0.1, 0.15) is 9.88 Å². The average molecular weight is 226 g/mol. The summed E-state index contributed by atoms with van der Waals surface area (Å²) in [4.78, 5) is 3.46. The van der Waals surface area contributed by atoms with Crippen molar-refractivity contribution in [2.45, 2.75) is 6.18 Å². The molecule has 70 valence electrons. The van der Waals surface area contributed by atoms with Crippen LogP contribution in [0.5, 0.6) is 0 Å². The molecule has 0 bridgehead atoms. The molecule has 13 heavy (non-hydrogen) atoms. The lowest BCUT2D eigenvalue weighted by molar-refractivity contribution is -0.137. The van der Waals surface area contributed by atoms with Crippen molar-refractivity contribution >= 4 is 22.9 Å². The summed E-state index contributed by atoms with van der Waals surface area (Å²) in [5, 5.41) is -0.883. The maximum Gasteiger partial charge on any atom is 0.443 e. The minimum Gasteiger partial charge on any atom is -0.239 e. The van der Waals surface area contributed by atoms with Crippen LogP contribution >= 0.6 is 22.9 Å². The average Bonchev–Trinajstić information content (AvgIpc) is 2.47. The van der Waals surface area contributed by atoms with E-state index in [9.17, 15) is 13.2 Å². The summed E-state index contributed by atoms with van der Waals surface area (Å²) in [6, 6.07) is 0. The highest BCUT2D eigenvalue weighted by atomic mass is 35.5. The van der Waals surface area contributed by atoms with Crippen molar-refractivity contribution in [3.05, 3.63) is 16.1 Å². The van der Waals surface area contributed by atoms with Gasteiger partial charge in [-0.1, -0.05) is 11.8 Å². The van der Waals surface area contributed by atoms with Crippen LogP contribution in [0.4, 0.5) is 13.2 Å². The smallest absolute Gasteiger partial charge is 0.239 e. The Bertz CT molecular complexity index is 347. The summed E-state index contributed by atoms with van der Waals surface area (Å²) in [5.74, 6) is 5.01. The fourth-order valence-corrected chi connectivity index (χ4v) is 1.31. The van der Waals surface area contributed by atoms with E-state index in [4.69, 9.17) is 11.6 Å². The van der Waals surface area contributed by atoms with Crippen LogP contribution < -0.4 is 0 Å². The van der Waals surface area contributed by atoms with Gasteiger partial charge in [-0.05, 0) is 0 Å². The van der Waals surface area contributed by atoms with Gasteiger partial charge in [-0.25, -0.2) is 4.98 Å². The molecule has 1 heterocycles. The second-order valence-corrected chi connectivity index (χ2v) is 3.26. The van der Waals surface area contributed by atoms with Gasteiger partial charge < -0.3 is 0 Å². The van der Waals surface area contributed by atoms with E-state index in [1.807, 2.05) is 0 Å². The first kappa shape index (κ1) is 10.4. The van der Waals surface area contributed by atoms with Gasteiger partial charge in [0.2, 0.25) is 0 Å². The number of hydrogen-bond acceptors (Lipinski definition) is 2. The van der Waals surface area contributed by atoms with Crippen LogP contribution in [0.25, 0.3) is 0 Å². The quantitative estimate of drug-likeness (QED) is 0.489. The molecule has 0 amide bonds. The van der Waals surface area contributed by atoms with Crippen LogP contribution in [0, 0.1) is 11.8 Å². The van der Waals surface area contributed by atoms with Gasteiger partial charge in [0.05, 0.1) is 17.0 Å². The van der Waals surface area contributed by atoms with Gasteiger partial charge in [-0.15, -0.1) is 22.9 Å². The second kappa shape index (κ2) is 3.99. The molecule has 0 radical (unpaired) electrons. The molecule has 0 unspecified atom stereocenters. The first-order valence-electron chi connectivity index (χ1n) is 3.12. The molecule has 0 aliphatic heterocycles. The summed E-state index contributed by atoms with van der Waals surface area (Å²) in [6.07, 6.45) is -3.29. The topological polar surface area (TPSA) is 12.9 Å². The lowest BCUT2D eigenvalue weighted by Gasteiger charge is -1.98. The molecule has 1 aromatic heterocycles. The van der Waals surface area contributed by atoms with Crippen molar-refractivity contribution in [2.24, 2.45) is 0 Å². The van der Waals surface area contributed by atoms with Gasteiger partial charge in [-0.3, -0.25) is 0 Å². The third-order valence-corrected chi connectivity index (χ3v) is 2.12. The molecule has 0 aliphatic rings. The Balaban J connectivity index is 2.87. The van der Waals surface area contributed by atoms with E-state index >= 15 is 0 Å². The zero-order valence-corrected chi connectivity index (χ0v) is 7.72. The fraction of sp³-hybridized carbons (Fsp3) is 0.286. The molecule has 1 rings (SSSR count). The summed E-state index contributed by atoms with van der Waals surface area (Å²) in [6.45, 7) is 0. The Hall–Kier alpha value is -0.730. The van der Waals surface area contributed by atoms with E-state index in [0.717, 1.165) is 6.20 Å². The van der Waals surface area contributed by atoms with E-state index < -0.39 is 11.2 Å². The van der Waals surface area contributed by atoms with Gasteiger partial charge >= 0.3 is 6.18 Å². The molecule has 0 saturated carbocycles. The molecular formula is C7H3ClF3NS. The van der Waals surface area contributed by atoms with Crippen LogP contribution in [-0.2, 0) is 6.18 Å². The number of nitrogens with zero attached hydrogens (tertiary/aromatic N) is 1. The predicted molar refractivity (Wildman–Crippen MR) is 44.7 cm³/mol. The summed E-state index contributed by atoms with van der Waals surface area (Å²) >= 11 is 5.75. The minimum absolute atomic E-state index is 0.0965. The van der Waals surface area contributed by atoms with E-state index in [1.54, 1.807) is 0 Å². The van der Waals surface area contributed by atoms with E-state index in [0.29, 0.717) is 11.3 Å². The Morgan fingerprint density at radius 3 is 2.69 bits per heavy atom. The van der Waals surface area contributed by atoms with Gasteiger partial charge in [-0.2, -0.15) is 13.2 Å². The van der Waals surface area contributed by atoms with Gasteiger partial charge in [0.1, 0.15) is 0 Å². The number of hydrogen-bond donors (Lipinski definition) is 0. The van der Waals surface area contributed by atoms with Crippen molar-refractivity contribution in [2.75, 3.05) is 5.88 Å². The lowest BCUT2D eigenvalue weighted by atomic mass is 10.5. The first-order chi connectivity index (χ1) is 6.04. The highest BCUT2D eigenvalue weighted by Gasteiger charge is 2.34. The highest BCUT2D eigenvalue weighted by molar-refractivity contribution is 7.12. The molecule has 0 spiro atoms. The monoisotopic (exact) mass is 225 g/mol. The van der Waals surface area contributed by atoms with E-state index in [-0.39, 0.29) is 10.8 Å². The normalized spacial score (nSPS) is 10.8. The van der Waals surface area contributed by atoms with Gasteiger partial charge in [0.25, 0.3) is 0 Å². The molecule has 6 heteroatoms. The predicted octanol–water partition coefficient (Wildman–Crippen LogP) is 2.75. The summed E-state index contributed by atoms with van der Waals surface area (Å²) in [5.41, 5.74) is 0. The molecule has 0 aromatic carbocycles. The minimum atomic E-state index is -4.38. The number of halogens is 4. The van der Waals surface area contributed by atoms with Crippen LogP contribution in [-0.4, -0.2) is 10.9 Å². The largest absolute Gasteiger partial charge is 0.443 e. The van der Waals surface area contributed by atoms with Crippen LogP contribution in [0.2, 0.25) is 0 Å². The van der Waals surface area contributed by atoms with Crippen LogP contribution in [0.3, 0.4) is 0 Å². The van der Waals surface area contributed by atoms with Crippen molar-refractivity contribution in [3.8, 4) is 11.8 Å².